The molecule has 1 amide bonds. The molecule has 0 saturated carbocycles. The first-order chi connectivity index (χ1) is 12.5. The number of amides is 1. The van der Waals surface area contributed by atoms with Crippen molar-refractivity contribution >= 4 is 23.5 Å². The fourth-order valence-corrected chi connectivity index (χ4v) is 3.58. The lowest BCUT2D eigenvalue weighted by molar-refractivity contribution is -0.120. The van der Waals surface area contributed by atoms with Crippen molar-refractivity contribution in [3.63, 3.8) is 0 Å². The topological polar surface area (TPSA) is 86.2 Å². The molecule has 3 aromatic rings. The van der Waals surface area contributed by atoms with Gasteiger partial charge in [-0.2, -0.15) is 0 Å². The van der Waals surface area contributed by atoms with Gasteiger partial charge in [-0.25, -0.2) is 0 Å². The van der Waals surface area contributed by atoms with E-state index in [1.807, 2.05) is 36.4 Å². The number of carbonyl (C=O) groups excluding carboxylic acids is 2. The lowest BCUT2D eigenvalue weighted by Crippen LogP contribution is -2.46. The van der Waals surface area contributed by atoms with E-state index in [0.717, 1.165) is 16.7 Å². The van der Waals surface area contributed by atoms with Crippen LogP contribution in [0.1, 0.15) is 21.5 Å². The highest BCUT2D eigenvalue weighted by atomic mass is 32.2. The van der Waals surface area contributed by atoms with Gasteiger partial charge in [0.05, 0.1) is 0 Å². The Morgan fingerprint density at radius 3 is 1.96 bits per heavy atom. The number of hydrogen-bond donors (Lipinski definition) is 2. The number of benzene rings is 3. The zero-order chi connectivity index (χ0) is 18.6. The van der Waals surface area contributed by atoms with Crippen molar-refractivity contribution in [2.75, 3.05) is 0 Å². The van der Waals surface area contributed by atoms with E-state index in [0.29, 0.717) is 16.7 Å². The molecule has 26 heavy (non-hydrogen) atoms. The molecule has 130 valence electrons. The van der Waals surface area contributed by atoms with Crippen LogP contribution in [0, 0.1) is 0 Å². The number of thioether (sulfide) groups is 1. The summed E-state index contributed by atoms with van der Waals surface area (Å²) >= 11 is 1.16. The molecule has 0 aliphatic rings. The smallest absolute Gasteiger partial charge is 0.253 e. The monoisotopic (exact) mass is 362 g/mol. The lowest BCUT2D eigenvalue weighted by atomic mass is 9.98. The van der Waals surface area contributed by atoms with Gasteiger partial charge in [-0.1, -0.05) is 78.5 Å². The van der Waals surface area contributed by atoms with Crippen LogP contribution >= 0.6 is 11.8 Å². The van der Waals surface area contributed by atoms with Gasteiger partial charge >= 0.3 is 0 Å². The van der Waals surface area contributed by atoms with Gasteiger partial charge in [0, 0.05) is 16.0 Å². The lowest BCUT2D eigenvalue weighted by Gasteiger charge is -2.26. The molecule has 0 heterocycles. The molecular formula is C21H18N2O2S. The van der Waals surface area contributed by atoms with Crippen LogP contribution < -0.4 is 11.5 Å². The number of primary amides is 1. The second kappa shape index (κ2) is 7.56. The minimum Gasteiger partial charge on any atom is -0.367 e. The summed E-state index contributed by atoms with van der Waals surface area (Å²) in [7, 11) is 0. The van der Waals surface area contributed by atoms with Crippen molar-refractivity contribution in [2.45, 2.75) is 9.77 Å². The Hall–Kier alpha value is -2.89. The molecule has 0 aromatic heterocycles. The van der Waals surface area contributed by atoms with Crippen molar-refractivity contribution in [2.24, 2.45) is 11.5 Å². The SMILES string of the molecule is NC(=O)C(N)(Sc1ccccc1)c1cccc(C(=O)c2ccccc2)c1. The third-order valence-corrected chi connectivity index (χ3v) is 5.24. The second-order valence-corrected chi connectivity index (χ2v) is 7.11. The average molecular weight is 362 g/mol. The van der Waals surface area contributed by atoms with E-state index in [9.17, 15) is 9.59 Å². The maximum absolute atomic E-state index is 12.7. The van der Waals surface area contributed by atoms with E-state index in [-0.39, 0.29) is 5.78 Å². The van der Waals surface area contributed by atoms with Crippen molar-refractivity contribution in [3.8, 4) is 0 Å². The number of ketones is 1. The number of hydrogen-bond acceptors (Lipinski definition) is 4. The highest BCUT2D eigenvalue weighted by molar-refractivity contribution is 8.01. The average Bonchev–Trinajstić information content (AvgIpc) is 2.68. The molecule has 3 rings (SSSR count). The van der Waals surface area contributed by atoms with E-state index in [1.165, 1.54) is 0 Å². The van der Waals surface area contributed by atoms with Crippen LogP contribution in [0.5, 0.6) is 0 Å². The maximum Gasteiger partial charge on any atom is 0.253 e. The van der Waals surface area contributed by atoms with E-state index in [2.05, 4.69) is 0 Å². The molecule has 0 aliphatic carbocycles. The van der Waals surface area contributed by atoms with Crippen LogP contribution in [0.4, 0.5) is 0 Å². The zero-order valence-corrected chi connectivity index (χ0v) is 14.8. The van der Waals surface area contributed by atoms with E-state index >= 15 is 0 Å². The first-order valence-corrected chi connectivity index (χ1v) is 8.85. The van der Waals surface area contributed by atoms with Gasteiger partial charge in [-0.15, -0.1) is 0 Å². The summed E-state index contributed by atoms with van der Waals surface area (Å²) in [5, 5.41) is 0. The van der Waals surface area contributed by atoms with Gasteiger partial charge in [-0.05, 0) is 23.8 Å². The molecule has 0 radical (unpaired) electrons. The van der Waals surface area contributed by atoms with Gasteiger partial charge in [0.25, 0.3) is 5.91 Å². The minimum absolute atomic E-state index is 0.135. The van der Waals surface area contributed by atoms with E-state index < -0.39 is 10.8 Å². The molecule has 4 nitrogen and oxygen atoms in total. The predicted octanol–water partition coefficient (Wildman–Crippen LogP) is 3.31. The summed E-state index contributed by atoms with van der Waals surface area (Å²) in [6.07, 6.45) is 0. The summed E-state index contributed by atoms with van der Waals surface area (Å²) < 4.78 is 0. The number of carbonyl (C=O) groups is 2. The zero-order valence-electron chi connectivity index (χ0n) is 14.0. The molecular weight excluding hydrogens is 344 g/mol. The molecule has 3 aromatic carbocycles. The minimum atomic E-state index is -1.48. The molecule has 0 fully saturated rings. The molecule has 1 atom stereocenters. The molecule has 0 saturated heterocycles. The number of nitrogens with two attached hydrogens (primary N) is 2. The van der Waals surface area contributed by atoms with Crippen molar-refractivity contribution in [1.29, 1.82) is 0 Å². The summed E-state index contributed by atoms with van der Waals surface area (Å²) in [5.41, 5.74) is 13.5. The van der Waals surface area contributed by atoms with Crippen molar-refractivity contribution in [1.82, 2.24) is 0 Å². The highest BCUT2D eigenvalue weighted by Gasteiger charge is 2.36. The fourth-order valence-electron chi connectivity index (χ4n) is 2.57. The maximum atomic E-state index is 12.7. The van der Waals surface area contributed by atoms with E-state index in [1.54, 1.807) is 48.5 Å². The highest BCUT2D eigenvalue weighted by Crippen LogP contribution is 2.37. The predicted molar refractivity (Wildman–Crippen MR) is 104 cm³/mol. The van der Waals surface area contributed by atoms with E-state index in [4.69, 9.17) is 11.5 Å². The molecule has 4 N–H and O–H groups in total. The summed E-state index contributed by atoms with van der Waals surface area (Å²) in [5.74, 6) is -0.806. The Morgan fingerprint density at radius 1 is 0.769 bits per heavy atom. The van der Waals surface area contributed by atoms with Gasteiger partial charge in [0.1, 0.15) is 0 Å². The van der Waals surface area contributed by atoms with Crippen LogP contribution in [0.25, 0.3) is 0 Å². The normalized spacial score (nSPS) is 13.0. The van der Waals surface area contributed by atoms with Crippen LogP contribution in [0.3, 0.4) is 0 Å². The number of rotatable bonds is 6. The summed E-state index contributed by atoms with van der Waals surface area (Å²) in [6.45, 7) is 0. The molecule has 5 heteroatoms. The molecule has 0 aliphatic heterocycles. The van der Waals surface area contributed by atoms with Gasteiger partial charge < -0.3 is 11.5 Å². The summed E-state index contributed by atoms with van der Waals surface area (Å²) in [6, 6.07) is 25.0. The molecule has 0 spiro atoms. The van der Waals surface area contributed by atoms with Gasteiger partial charge in [0.2, 0.25) is 0 Å². The Labute approximate surface area is 156 Å². The first-order valence-electron chi connectivity index (χ1n) is 8.04. The Kier molecular flexibility index (Phi) is 5.21. The van der Waals surface area contributed by atoms with Crippen molar-refractivity contribution in [3.05, 3.63) is 102 Å². The van der Waals surface area contributed by atoms with Crippen LogP contribution in [-0.2, 0) is 9.67 Å². The fraction of sp³-hybridized carbons (Fsp3) is 0.0476. The summed E-state index contributed by atoms with van der Waals surface area (Å²) in [4.78, 5) is 24.2. The standard InChI is InChI=1S/C21H18N2O2S/c22-20(25)21(23,26-18-12-5-2-6-13-18)17-11-7-10-16(14-17)19(24)15-8-3-1-4-9-15/h1-14H,23H2,(H2,22,25). The Bertz CT molecular complexity index is 929. The van der Waals surface area contributed by atoms with Crippen LogP contribution in [-0.4, -0.2) is 11.7 Å². The largest absolute Gasteiger partial charge is 0.367 e. The first kappa shape index (κ1) is 17.9. The third-order valence-electron chi connectivity index (χ3n) is 3.98. The molecule has 0 bridgehead atoms. The Morgan fingerprint density at radius 2 is 1.35 bits per heavy atom. The second-order valence-electron chi connectivity index (χ2n) is 5.79. The van der Waals surface area contributed by atoms with Gasteiger partial charge in [0.15, 0.2) is 10.7 Å². The van der Waals surface area contributed by atoms with Crippen molar-refractivity contribution < 1.29 is 9.59 Å². The van der Waals surface area contributed by atoms with Gasteiger partial charge in [-0.3, -0.25) is 9.59 Å². The Balaban J connectivity index is 1.98. The quantitative estimate of drug-likeness (QED) is 0.400. The molecule has 1 unspecified atom stereocenters. The van der Waals surface area contributed by atoms with Crippen LogP contribution in [0.15, 0.2) is 89.8 Å². The third kappa shape index (κ3) is 3.69. The van der Waals surface area contributed by atoms with Crippen LogP contribution in [0.2, 0.25) is 0 Å².